The van der Waals surface area contributed by atoms with E-state index in [0.717, 1.165) is 18.3 Å². The van der Waals surface area contributed by atoms with Crippen LogP contribution in [0.15, 0.2) is 23.9 Å². The molecule has 3 rings (SSSR count). The van der Waals surface area contributed by atoms with Gasteiger partial charge in [0.25, 0.3) is 0 Å². The molecule has 3 aliphatic rings. The predicted octanol–water partition coefficient (Wildman–Crippen LogP) is 3.24. The number of rotatable bonds is 2. The molecule has 0 atom stereocenters. The van der Waals surface area contributed by atoms with Gasteiger partial charge in [0.1, 0.15) is 5.60 Å². The smallest absolute Gasteiger partial charge is 0.444 e. The van der Waals surface area contributed by atoms with Gasteiger partial charge >= 0.3 is 13.2 Å². The molecule has 7 nitrogen and oxygen atoms in total. The molecule has 0 spiro atoms. The van der Waals surface area contributed by atoms with E-state index in [2.05, 4.69) is 44.3 Å². The molecule has 0 unspecified atom stereocenters. The molecule has 28 heavy (non-hydrogen) atoms. The van der Waals surface area contributed by atoms with Crippen molar-refractivity contribution in [3.63, 3.8) is 0 Å². The second kappa shape index (κ2) is 7.30. The Labute approximate surface area is 169 Å². The third-order valence-corrected chi connectivity index (χ3v) is 5.82. The Bertz CT molecular complexity index is 645. The SMILES string of the molecule is CC(C)(C)OC(=O)N1CCC(N2C=C(B3OC(C)(C)C(C)(C)O3)C=CN2)CC1. The Morgan fingerprint density at radius 3 is 2.29 bits per heavy atom. The fourth-order valence-electron chi connectivity index (χ4n) is 3.44. The molecule has 0 aromatic rings. The number of carbonyl (C=O) groups is 1. The minimum atomic E-state index is -0.465. The van der Waals surface area contributed by atoms with E-state index in [1.165, 1.54) is 0 Å². The molecule has 156 valence electrons. The molecule has 3 heterocycles. The summed E-state index contributed by atoms with van der Waals surface area (Å²) < 4.78 is 17.8. The van der Waals surface area contributed by atoms with Gasteiger partial charge in [0.2, 0.25) is 0 Å². The number of piperidine rings is 1. The van der Waals surface area contributed by atoms with E-state index in [9.17, 15) is 4.79 Å². The number of hydrogen-bond acceptors (Lipinski definition) is 6. The number of allylic oxidation sites excluding steroid dienone is 2. The van der Waals surface area contributed by atoms with Gasteiger partial charge in [-0.15, -0.1) is 0 Å². The summed E-state index contributed by atoms with van der Waals surface area (Å²) >= 11 is 0. The molecule has 0 aromatic heterocycles. The average molecular weight is 391 g/mol. The molecular formula is C20H34BN3O4. The first-order chi connectivity index (χ1) is 12.9. The standard InChI is InChI=1S/C20H34BN3O4/c1-18(2,3)26-17(25)23-12-9-16(10-13-23)24-14-15(8-11-22-24)21-27-19(4,5)20(6,7)28-21/h8,11,14,16,22H,9-10,12-13H2,1-7H3. The number of nitrogens with one attached hydrogen (secondary N) is 1. The molecule has 1 amide bonds. The minimum absolute atomic E-state index is 0.231. The Balaban J connectivity index is 1.59. The number of carbonyl (C=O) groups excluding carboxylic acids is 1. The lowest BCUT2D eigenvalue weighted by Crippen LogP contribution is -2.50. The lowest BCUT2D eigenvalue weighted by Gasteiger charge is -2.39. The highest BCUT2D eigenvalue weighted by Crippen LogP contribution is 2.39. The number of hydrogen-bond donors (Lipinski definition) is 1. The fourth-order valence-corrected chi connectivity index (χ4v) is 3.44. The van der Waals surface area contributed by atoms with E-state index in [1.807, 2.05) is 33.0 Å². The van der Waals surface area contributed by atoms with Gasteiger partial charge in [-0.25, -0.2) is 4.79 Å². The van der Waals surface area contributed by atoms with Crippen LogP contribution in [-0.2, 0) is 14.0 Å². The number of nitrogens with zero attached hydrogens (tertiary/aromatic N) is 2. The molecule has 3 aliphatic heterocycles. The maximum atomic E-state index is 12.3. The number of likely N-dealkylation sites (tertiary alicyclic amines) is 1. The van der Waals surface area contributed by atoms with Crippen molar-refractivity contribution in [3.8, 4) is 0 Å². The molecule has 2 saturated heterocycles. The van der Waals surface area contributed by atoms with Gasteiger partial charge in [0.15, 0.2) is 0 Å². The highest BCUT2D eigenvalue weighted by Gasteiger charge is 2.52. The third kappa shape index (κ3) is 4.49. The van der Waals surface area contributed by atoms with Crippen LogP contribution in [0.1, 0.15) is 61.3 Å². The van der Waals surface area contributed by atoms with Crippen molar-refractivity contribution < 1.29 is 18.8 Å². The Morgan fingerprint density at radius 1 is 1.18 bits per heavy atom. The van der Waals surface area contributed by atoms with E-state index in [-0.39, 0.29) is 24.4 Å². The third-order valence-electron chi connectivity index (χ3n) is 5.82. The van der Waals surface area contributed by atoms with Crippen molar-refractivity contribution in [1.82, 2.24) is 15.3 Å². The molecule has 0 bridgehead atoms. The number of ether oxygens (including phenoxy) is 1. The highest BCUT2D eigenvalue weighted by atomic mass is 16.7. The zero-order chi connectivity index (χ0) is 20.7. The highest BCUT2D eigenvalue weighted by molar-refractivity contribution is 6.55. The molecule has 0 aromatic carbocycles. The summed E-state index contributed by atoms with van der Waals surface area (Å²) in [4.78, 5) is 14.1. The van der Waals surface area contributed by atoms with E-state index in [1.54, 1.807) is 4.90 Å². The second-order valence-corrected chi connectivity index (χ2v) is 9.79. The van der Waals surface area contributed by atoms with Gasteiger partial charge in [0.05, 0.1) is 17.2 Å². The maximum absolute atomic E-state index is 12.3. The molecular weight excluding hydrogens is 357 g/mol. The van der Waals surface area contributed by atoms with Crippen LogP contribution in [0.4, 0.5) is 4.79 Å². The summed E-state index contributed by atoms with van der Waals surface area (Å²) in [7, 11) is -0.382. The maximum Gasteiger partial charge on any atom is 0.496 e. The largest absolute Gasteiger partial charge is 0.496 e. The van der Waals surface area contributed by atoms with Crippen LogP contribution in [0.5, 0.6) is 0 Å². The first kappa shape index (κ1) is 21.1. The van der Waals surface area contributed by atoms with Gasteiger partial charge in [-0.3, -0.25) is 5.01 Å². The van der Waals surface area contributed by atoms with E-state index >= 15 is 0 Å². The lowest BCUT2D eigenvalue weighted by molar-refractivity contribution is 0.00578. The van der Waals surface area contributed by atoms with E-state index < -0.39 is 5.60 Å². The van der Waals surface area contributed by atoms with Crippen LogP contribution < -0.4 is 5.43 Å². The Kier molecular flexibility index (Phi) is 5.49. The normalized spacial score (nSPS) is 24.8. The van der Waals surface area contributed by atoms with Crippen LogP contribution in [0, 0.1) is 0 Å². The van der Waals surface area contributed by atoms with Crippen LogP contribution in [-0.4, -0.2) is 59.1 Å². The van der Waals surface area contributed by atoms with Crippen molar-refractivity contribution in [3.05, 3.63) is 23.9 Å². The van der Waals surface area contributed by atoms with Gasteiger partial charge in [-0.2, -0.15) is 0 Å². The molecule has 1 N–H and O–H groups in total. The zero-order valence-corrected chi connectivity index (χ0v) is 18.2. The number of hydrazine groups is 1. The predicted molar refractivity (Wildman–Crippen MR) is 109 cm³/mol. The van der Waals surface area contributed by atoms with Crippen LogP contribution in [0.3, 0.4) is 0 Å². The molecule has 0 saturated carbocycles. The Hall–Kier alpha value is -1.67. The van der Waals surface area contributed by atoms with Crippen molar-refractivity contribution in [1.29, 1.82) is 0 Å². The average Bonchev–Trinajstić information content (AvgIpc) is 2.81. The number of amides is 1. The summed E-state index contributed by atoms with van der Waals surface area (Å²) in [5.74, 6) is 0. The summed E-state index contributed by atoms with van der Waals surface area (Å²) in [5.41, 5.74) is 3.10. The van der Waals surface area contributed by atoms with Gasteiger partial charge < -0.3 is 24.4 Å². The van der Waals surface area contributed by atoms with Crippen LogP contribution in [0.25, 0.3) is 0 Å². The summed E-state index contributed by atoms with van der Waals surface area (Å²) in [6.07, 6.45) is 7.48. The first-order valence-electron chi connectivity index (χ1n) is 10.1. The van der Waals surface area contributed by atoms with Gasteiger partial charge in [-0.1, -0.05) is 0 Å². The van der Waals surface area contributed by atoms with Crippen molar-refractivity contribution >= 4 is 13.2 Å². The van der Waals surface area contributed by atoms with Crippen LogP contribution in [0.2, 0.25) is 0 Å². The van der Waals surface area contributed by atoms with Crippen molar-refractivity contribution in [2.24, 2.45) is 0 Å². The quantitative estimate of drug-likeness (QED) is 0.730. The topological polar surface area (TPSA) is 63.3 Å². The first-order valence-corrected chi connectivity index (χ1v) is 10.1. The summed E-state index contributed by atoms with van der Waals surface area (Å²) in [6.45, 7) is 15.3. The van der Waals surface area contributed by atoms with Crippen LogP contribution >= 0.6 is 0 Å². The van der Waals surface area contributed by atoms with E-state index in [4.69, 9.17) is 14.0 Å². The Morgan fingerprint density at radius 2 is 1.75 bits per heavy atom. The van der Waals surface area contributed by atoms with Crippen molar-refractivity contribution in [2.45, 2.75) is 84.2 Å². The molecule has 0 aliphatic carbocycles. The van der Waals surface area contributed by atoms with Gasteiger partial charge in [0, 0.05) is 31.0 Å². The van der Waals surface area contributed by atoms with E-state index in [0.29, 0.717) is 19.1 Å². The molecule has 2 fully saturated rings. The molecule has 8 heteroatoms. The molecule has 0 radical (unpaired) electrons. The zero-order valence-electron chi connectivity index (χ0n) is 18.2. The lowest BCUT2D eigenvalue weighted by atomic mass is 9.78. The summed E-state index contributed by atoms with van der Waals surface area (Å²) in [6, 6.07) is 0.293. The summed E-state index contributed by atoms with van der Waals surface area (Å²) in [5, 5.41) is 2.10. The minimum Gasteiger partial charge on any atom is -0.444 e. The van der Waals surface area contributed by atoms with Crippen molar-refractivity contribution in [2.75, 3.05) is 13.1 Å². The fraction of sp³-hybridized carbons (Fsp3) is 0.750. The monoisotopic (exact) mass is 391 g/mol. The van der Waals surface area contributed by atoms with Gasteiger partial charge in [-0.05, 0) is 67.4 Å². The second-order valence-electron chi connectivity index (χ2n) is 9.79.